The average molecular weight is 388 g/mol. The van der Waals surface area contributed by atoms with Crippen LogP contribution in [-0.2, 0) is 30.5 Å². The Morgan fingerprint density at radius 1 is 1.14 bits per heavy atom. The van der Waals surface area contributed by atoms with Crippen LogP contribution in [0.2, 0.25) is 0 Å². The van der Waals surface area contributed by atoms with Crippen molar-refractivity contribution in [3.8, 4) is 0 Å². The summed E-state index contributed by atoms with van der Waals surface area (Å²) in [6.07, 6.45) is 4.70. The van der Waals surface area contributed by atoms with E-state index >= 15 is 0 Å². The quantitative estimate of drug-likeness (QED) is 0.451. The summed E-state index contributed by atoms with van der Waals surface area (Å²) < 4.78 is 17.8. The first-order valence-corrected chi connectivity index (χ1v) is 9.08. The molecule has 2 aliphatic rings. The first kappa shape index (κ1) is 19.7. The van der Waals surface area contributed by atoms with E-state index in [2.05, 4.69) is 5.32 Å². The maximum absolute atomic E-state index is 12.9. The molecule has 3 amide bonds. The van der Waals surface area contributed by atoms with Crippen molar-refractivity contribution in [1.29, 1.82) is 0 Å². The number of halogens is 1. The predicted octanol–water partition coefficient (Wildman–Crippen LogP) is 1.32. The molecule has 0 bridgehead atoms. The molecule has 1 aliphatic heterocycles. The number of carbonyl (C=O) groups excluding carboxylic acids is 4. The van der Waals surface area contributed by atoms with Gasteiger partial charge >= 0.3 is 5.97 Å². The van der Waals surface area contributed by atoms with Crippen molar-refractivity contribution < 1.29 is 28.3 Å². The highest BCUT2D eigenvalue weighted by atomic mass is 19.1. The van der Waals surface area contributed by atoms with Crippen LogP contribution >= 0.6 is 0 Å². The van der Waals surface area contributed by atoms with Crippen molar-refractivity contribution >= 4 is 23.7 Å². The van der Waals surface area contributed by atoms with E-state index in [1.165, 1.54) is 31.2 Å². The van der Waals surface area contributed by atoms with Crippen molar-refractivity contribution in [2.75, 3.05) is 6.61 Å². The van der Waals surface area contributed by atoms with Gasteiger partial charge in [0.25, 0.3) is 5.91 Å². The van der Waals surface area contributed by atoms with Crippen LogP contribution in [-0.4, -0.2) is 41.2 Å². The van der Waals surface area contributed by atoms with Gasteiger partial charge in [0, 0.05) is 6.54 Å². The Morgan fingerprint density at radius 3 is 2.29 bits per heavy atom. The van der Waals surface area contributed by atoms with Gasteiger partial charge in [0.2, 0.25) is 11.8 Å². The van der Waals surface area contributed by atoms with Crippen LogP contribution in [0.1, 0.15) is 25.3 Å². The molecule has 28 heavy (non-hydrogen) atoms. The molecule has 0 radical (unpaired) electrons. The van der Waals surface area contributed by atoms with Gasteiger partial charge in [-0.3, -0.25) is 19.3 Å². The van der Waals surface area contributed by atoms with Gasteiger partial charge < -0.3 is 10.1 Å². The van der Waals surface area contributed by atoms with E-state index < -0.39 is 36.4 Å². The van der Waals surface area contributed by atoms with Crippen LogP contribution in [0.3, 0.4) is 0 Å². The number of imide groups is 1. The molecule has 0 spiro atoms. The van der Waals surface area contributed by atoms with Crippen LogP contribution in [0, 0.1) is 17.7 Å². The van der Waals surface area contributed by atoms with Crippen molar-refractivity contribution in [1.82, 2.24) is 10.2 Å². The number of hydrogen-bond donors (Lipinski definition) is 1. The molecule has 1 saturated heterocycles. The van der Waals surface area contributed by atoms with Crippen molar-refractivity contribution in [2.45, 2.75) is 32.4 Å². The van der Waals surface area contributed by atoms with Gasteiger partial charge in [-0.1, -0.05) is 24.3 Å². The highest BCUT2D eigenvalue weighted by molar-refractivity contribution is 6.08. The van der Waals surface area contributed by atoms with Gasteiger partial charge in [-0.25, -0.2) is 9.18 Å². The normalized spacial score (nSPS) is 22.0. The number of likely N-dealkylation sites (tertiary alicyclic amines) is 1. The van der Waals surface area contributed by atoms with Crippen LogP contribution in [0.15, 0.2) is 36.4 Å². The molecule has 0 unspecified atom stereocenters. The number of fused-ring (bicyclic) bond motifs is 1. The number of rotatable bonds is 6. The molecular weight excluding hydrogens is 367 g/mol. The van der Waals surface area contributed by atoms with Gasteiger partial charge in [-0.2, -0.15) is 0 Å². The van der Waals surface area contributed by atoms with Gasteiger partial charge in [-0.15, -0.1) is 0 Å². The first-order chi connectivity index (χ1) is 13.4. The van der Waals surface area contributed by atoms with Crippen molar-refractivity contribution in [3.63, 3.8) is 0 Å². The Kier molecular flexibility index (Phi) is 5.87. The molecule has 1 aliphatic carbocycles. The zero-order valence-corrected chi connectivity index (χ0v) is 15.4. The van der Waals surface area contributed by atoms with Gasteiger partial charge in [-0.05, 0) is 37.5 Å². The molecular formula is C20H21FN2O5. The lowest BCUT2D eigenvalue weighted by molar-refractivity contribution is -0.159. The zero-order valence-electron chi connectivity index (χ0n) is 15.4. The van der Waals surface area contributed by atoms with Crippen molar-refractivity contribution in [2.24, 2.45) is 11.8 Å². The highest BCUT2D eigenvalue weighted by Gasteiger charge is 2.50. The average Bonchev–Trinajstić information content (AvgIpc) is 2.96. The van der Waals surface area contributed by atoms with E-state index in [1.807, 2.05) is 12.2 Å². The van der Waals surface area contributed by atoms with Gasteiger partial charge in [0.1, 0.15) is 11.9 Å². The molecule has 0 saturated carbocycles. The molecule has 3 rings (SSSR count). The minimum atomic E-state index is -1.09. The second-order valence-electron chi connectivity index (χ2n) is 6.89. The minimum absolute atomic E-state index is 0.158. The molecule has 1 aromatic carbocycles. The molecule has 148 valence electrons. The zero-order chi connectivity index (χ0) is 20.3. The summed E-state index contributed by atoms with van der Waals surface area (Å²) in [6, 6.07) is 4.53. The Hall–Kier alpha value is -3.03. The smallest absolute Gasteiger partial charge is 0.329 e. The third-order valence-corrected chi connectivity index (χ3v) is 5.02. The van der Waals surface area contributed by atoms with Crippen LogP contribution in [0.4, 0.5) is 4.39 Å². The molecule has 1 fully saturated rings. The molecule has 1 heterocycles. The first-order valence-electron chi connectivity index (χ1n) is 9.08. The van der Waals surface area contributed by atoms with E-state index in [0.29, 0.717) is 18.4 Å². The predicted molar refractivity (Wildman–Crippen MR) is 95.9 cm³/mol. The number of ether oxygens (including phenoxy) is 1. The largest absolute Gasteiger partial charge is 0.454 e. The summed E-state index contributed by atoms with van der Waals surface area (Å²) in [4.78, 5) is 50.0. The lowest BCUT2D eigenvalue weighted by atomic mass is 9.85. The lowest BCUT2D eigenvalue weighted by Gasteiger charge is -2.21. The third kappa shape index (κ3) is 4.11. The summed E-state index contributed by atoms with van der Waals surface area (Å²) in [7, 11) is 0. The number of esters is 1. The molecule has 1 aromatic rings. The van der Waals surface area contributed by atoms with Crippen LogP contribution in [0.25, 0.3) is 0 Å². The highest BCUT2D eigenvalue weighted by Crippen LogP contribution is 2.36. The number of hydrogen-bond acceptors (Lipinski definition) is 5. The van der Waals surface area contributed by atoms with Gasteiger partial charge in [0.05, 0.1) is 11.8 Å². The van der Waals surface area contributed by atoms with Crippen LogP contribution < -0.4 is 5.32 Å². The number of nitrogens with one attached hydrogen (secondary N) is 1. The molecule has 1 N–H and O–H groups in total. The summed E-state index contributed by atoms with van der Waals surface area (Å²) in [5.41, 5.74) is 0.693. The Balaban J connectivity index is 1.49. The van der Waals surface area contributed by atoms with Crippen molar-refractivity contribution in [3.05, 3.63) is 47.8 Å². The summed E-state index contributed by atoms with van der Waals surface area (Å²) in [5.74, 6) is -3.32. The standard InChI is InChI=1S/C20H21FN2O5/c1-12(23-18(25)15-4-2-3-5-16(15)19(23)26)20(27)28-11-17(24)22-10-13-6-8-14(21)9-7-13/h2-3,6-9,12,15-16H,4-5,10-11H2,1H3,(H,22,24)/t12-,15-,16+/m0/s1. The number of allylic oxidation sites excluding steroid dienone is 2. The molecule has 0 aromatic heterocycles. The van der Waals surface area contributed by atoms with E-state index in [-0.39, 0.29) is 24.2 Å². The Bertz CT molecular complexity index is 794. The lowest BCUT2D eigenvalue weighted by Crippen LogP contribution is -2.45. The van der Waals surface area contributed by atoms with E-state index in [1.54, 1.807) is 0 Å². The number of benzene rings is 1. The summed E-state index contributed by atoms with van der Waals surface area (Å²) in [6.45, 7) is 1.04. The fourth-order valence-electron chi connectivity index (χ4n) is 3.42. The maximum Gasteiger partial charge on any atom is 0.329 e. The number of nitrogens with zero attached hydrogens (tertiary/aromatic N) is 1. The van der Waals surface area contributed by atoms with E-state index in [4.69, 9.17) is 4.74 Å². The monoisotopic (exact) mass is 388 g/mol. The van der Waals surface area contributed by atoms with Gasteiger partial charge in [0.15, 0.2) is 6.61 Å². The van der Waals surface area contributed by atoms with E-state index in [0.717, 1.165) is 4.90 Å². The third-order valence-electron chi connectivity index (χ3n) is 5.02. The topological polar surface area (TPSA) is 92.8 Å². The molecule has 7 nitrogen and oxygen atoms in total. The summed E-state index contributed by atoms with van der Waals surface area (Å²) in [5, 5.41) is 2.55. The van der Waals surface area contributed by atoms with Crippen LogP contribution in [0.5, 0.6) is 0 Å². The SMILES string of the molecule is C[C@@H](C(=O)OCC(=O)NCc1ccc(F)cc1)N1C(=O)[C@H]2CC=CC[C@H]2C1=O. The molecule has 8 heteroatoms. The second kappa shape index (κ2) is 8.33. The summed E-state index contributed by atoms with van der Waals surface area (Å²) >= 11 is 0. The number of amides is 3. The fraction of sp³-hybridized carbons (Fsp3) is 0.400. The Morgan fingerprint density at radius 2 is 1.71 bits per heavy atom. The fourth-order valence-corrected chi connectivity index (χ4v) is 3.42. The molecule has 3 atom stereocenters. The number of carbonyl (C=O) groups is 4. The second-order valence-corrected chi connectivity index (χ2v) is 6.89. The maximum atomic E-state index is 12.9. The van der Waals surface area contributed by atoms with E-state index in [9.17, 15) is 23.6 Å². The Labute approximate surface area is 161 Å². The minimum Gasteiger partial charge on any atom is -0.454 e.